The number of carbonyl (C=O) groups is 1. The van der Waals surface area contributed by atoms with Crippen molar-refractivity contribution in [1.29, 1.82) is 0 Å². The van der Waals surface area contributed by atoms with Gasteiger partial charge in [-0.25, -0.2) is 4.98 Å². The second kappa shape index (κ2) is 10.0. The Balaban J connectivity index is 1.42. The van der Waals surface area contributed by atoms with Gasteiger partial charge in [0.25, 0.3) is 5.56 Å². The van der Waals surface area contributed by atoms with Crippen LogP contribution in [0, 0.1) is 17.3 Å². The molecule has 1 aromatic heterocycles. The highest BCUT2D eigenvalue weighted by Gasteiger charge is 2.49. The Bertz CT molecular complexity index is 1040. The van der Waals surface area contributed by atoms with E-state index in [-0.39, 0.29) is 23.9 Å². The molecule has 184 valence electrons. The van der Waals surface area contributed by atoms with Crippen LogP contribution in [0.25, 0.3) is 11.3 Å². The molecule has 1 amide bonds. The van der Waals surface area contributed by atoms with Crippen molar-refractivity contribution in [3.05, 3.63) is 53.1 Å². The maximum absolute atomic E-state index is 13.2. The Kier molecular flexibility index (Phi) is 7.27. The predicted octanol–water partition coefficient (Wildman–Crippen LogP) is 4.51. The molecule has 2 heterocycles. The SMILES string of the molecule is CC(CC1CCCCC1)C(=O)N1CC[C@@](O)(Cn2cnc(-c3ccccc3)cc2=O)C(C)(C)C1. The normalized spacial score (nSPS) is 24.1. The molecule has 1 aromatic carbocycles. The number of hydrogen-bond acceptors (Lipinski definition) is 4. The summed E-state index contributed by atoms with van der Waals surface area (Å²) in [7, 11) is 0. The van der Waals surface area contributed by atoms with Gasteiger partial charge in [0, 0.05) is 36.1 Å². The molecule has 1 unspecified atom stereocenters. The molecule has 0 spiro atoms. The highest BCUT2D eigenvalue weighted by Crippen LogP contribution is 2.40. The molecule has 1 N–H and O–H groups in total. The summed E-state index contributed by atoms with van der Waals surface area (Å²) >= 11 is 0. The van der Waals surface area contributed by atoms with Gasteiger partial charge < -0.3 is 10.0 Å². The van der Waals surface area contributed by atoms with Crippen LogP contribution >= 0.6 is 0 Å². The van der Waals surface area contributed by atoms with Gasteiger partial charge in [0.1, 0.15) is 0 Å². The van der Waals surface area contributed by atoms with Crippen molar-refractivity contribution in [3.8, 4) is 11.3 Å². The van der Waals surface area contributed by atoms with Crippen LogP contribution < -0.4 is 5.56 Å². The van der Waals surface area contributed by atoms with Crippen LogP contribution in [0.4, 0.5) is 0 Å². The summed E-state index contributed by atoms with van der Waals surface area (Å²) in [6, 6.07) is 11.1. The van der Waals surface area contributed by atoms with Crippen molar-refractivity contribution < 1.29 is 9.90 Å². The monoisotopic (exact) mass is 465 g/mol. The summed E-state index contributed by atoms with van der Waals surface area (Å²) in [6.07, 6.45) is 9.33. The predicted molar refractivity (Wildman–Crippen MR) is 134 cm³/mol. The maximum Gasteiger partial charge on any atom is 0.253 e. The second-order valence-electron chi connectivity index (χ2n) is 11.2. The third-order valence-electron chi connectivity index (χ3n) is 8.17. The largest absolute Gasteiger partial charge is 0.387 e. The molecule has 4 rings (SSSR count). The van der Waals surface area contributed by atoms with Crippen LogP contribution in [-0.4, -0.2) is 44.2 Å². The van der Waals surface area contributed by atoms with Gasteiger partial charge in [-0.1, -0.05) is 83.2 Å². The fourth-order valence-electron chi connectivity index (χ4n) is 5.77. The second-order valence-corrected chi connectivity index (χ2v) is 11.2. The summed E-state index contributed by atoms with van der Waals surface area (Å²) in [4.78, 5) is 32.5. The lowest BCUT2D eigenvalue weighted by Gasteiger charge is -2.50. The van der Waals surface area contributed by atoms with Crippen molar-refractivity contribution in [1.82, 2.24) is 14.5 Å². The number of amides is 1. The number of aromatic nitrogens is 2. The van der Waals surface area contributed by atoms with Crippen molar-refractivity contribution in [2.24, 2.45) is 17.3 Å². The van der Waals surface area contributed by atoms with Crippen molar-refractivity contribution in [3.63, 3.8) is 0 Å². The molecule has 1 saturated carbocycles. The number of benzene rings is 1. The lowest BCUT2D eigenvalue weighted by molar-refractivity contribution is -0.157. The Hall–Kier alpha value is -2.47. The van der Waals surface area contributed by atoms with Crippen LogP contribution in [0.15, 0.2) is 47.5 Å². The molecule has 1 aliphatic carbocycles. The Morgan fingerprint density at radius 2 is 1.88 bits per heavy atom. The van der Waals surface area contributed by atoms with Crippen molar-refractivity contribution in [2.75, 3.05) is 13.1 Å². The van der Waals surface area contributed by atoms with Gasteiger partial charge in [-0.05, 0) is 18.8 Å². The number of piperidine rings is 1. The minimum absolute atomic E-state index is 0.0162. The molecular formula is C28H39N3O3. The highest BCUT2D eigenvalue weighted by molar-refractivity contribution is 5.78. The lowest BCUT2D eigenvalue weighted by atomic mass is 9.69. The molecule has 1 saturated heterocycles. The molecule has 1 aliphatic heterocycles. The number of hydrogen-bond donors (Lipinski definition) is 1. The summed E-state index contributed by atoms with van der Waals surface area (Å²) in [5.41, 5.74) is -0.322. The van der Waals surface area contributed by atoms with E-state index in [4.69, 9.17) is 0 Å². The number of aliphatic hydroxyl groups is 1. The molecule has 2 atom stereocenters. The molecular weight excluding hydrogens is 426 g/mol. The molecule has 0 bridgehead atoms. The summed E-state index contributed by atoms with van der Waals surface area (Å²) < 4.78 is 1.50. The van der Waals surface area contributed by atoms with Crippen molar-refractivity contribution >= 4 is 5.91 Å². The lowest BCUT2D eigenvalue weighted by Crippen LogP contribution is -2.61. The average molecular weight is 466 g/mol. The third-order valence-corrected chi connectivity index (χ3v) is 8.17. The third kappa shape index (κ3) is 5.27. The molecule has 2 fully saturated rings. The van der Waals surface area contributed by atoms with Gasteiger partial charge in [0.15, 0.2) is 0 Å². The van der Waals surface area contributed by atoms with Crippen LogP contribution in [0.1, 0.15) is 65.7 Å². The number of rotatable bonds is 6. The van der Waals surface area contributed by atoms with Gasteiger partial charge in [-0.15, -0.1) is 0 Å². The summed E-state index contributed by atoms with van der Waals surface area (Å²) in [5, 5.41) is 11.6. The number of nitrogens with zero attached hydrogens (tertiary/aromatic N) is 3. The summed E-state index contributed by atoms with van der Waals surface area (Å²) in [6.45, 7) is 7.22. The first-order valence-electron chi connectivity index (χ1n) is 12.8. The van der Waals surface area contributed by atoms with Gasteiger partial charge in [-0.3, -0.25) is 14.2 Å². The first kappa shape index (κ1) is 24.6. The Morgan fingerprint density at radius 3 is 2.53 bits per heavy atom. The smallest absolute Gasteiger partial charge is 0.253 e. The first-order valence-corrected chi connectivity index (χ1v) is 12.8. The van der Waals surface area contributed by atoms with E-state index in [1.807, 2.05) is 49.1 Å². The quantitative estimate of drug-likeness (QED) is 0.681. The van der Waals surface area contributed by atoms with Crippen molar-refractivity contribution in [2.45, 2.75) is 77.9 Å². The molecule has 34 heavy (non-hydrogen) atoms. The van der Waals surface area contributed by atoms with E-state index < -0.39 is 11.0 Å². The molecule has 6 heteroatoms. The zero-order chi connectivity index (χ0) is 24.3. The van der Waals surface area contributed by atoms with Crippen LogP contribution in [0.3, 0.4) is 0 Å². The minimum Gasteiger partial charge on any atom is -0.387 e. The van der Waals surface area contributed by atoms with E-state index in [9.17, 15) is 14.7 Å². The fraction of sp³-hybridized carbons (Fsp3) is 0.607. The molecule has 2 aromatic rings. The molecule has 6 nitrogen and oxygen atoms in total. The van der Waals surface area contributed by atoms with Crippen LogP contribution in [0.2, 0.25) is 0 Å². The van der Waals surface area contributed by atoms with E-state index in [2.05, 4.69) is 11.9 Å². The number of carbonyl (C=O) groups excluding carboxylic acids is 1. The Labute approximate surface area is 203 Å². The maximum atomic E-state index is 13.2. The van der Waals surface area contributed by atoms with Gasteiger partial charge >= 0.3 is 0 Å². The molecule has 2 aliphatic rings. The average Bonchev–Trinajstić information content (AvgIpc) is 2.83. The zero-order valence-electron chi connectivity index (χ0n) is 20.9. The summed E-state index contributed by atoms with van der Waals surface area (Å²) in [5.74, 6) is 0.884. The van der Waals surface area contributed by atoms with E-state index in [1.165, 1.54) is 49.1 Å². The first-order chi connectivity index (χ1) is 16.2. The van der Waals surface area contributed by atoms with E-state index in [1.54, 1.807) is 0 Å². The van der Waals surface area contributed by atoms with E-state index in [0.29, 0.717) is 31.1 Å². The standard InChI is InChI=1S/C28H39N3O3/c1-21(16-22-10-6-4-7-11-22)26(33)30-15-14-28(34,27(2,3)18-30)19-31-20-29-24(17-25(31)32)23-12-8-5-9-13-23/h5,8-9,12-13,17,20-22,34H,4,6-7,10-11,14-16,18-19H2,1-3H3/t21?,28-/m1/s1. The van der Waals surface area contributed by atoms with Gasteiger partial charge in [-0.2, -0.15) is 0 Å². The molecule has 0 radical (unpaired) electrons. The topological polar surface area (TPSA) is 75.4 Å². The van der Waals surface area contributed by atoms with Crippen LogP contribution in [-0.2, 0) is 11.3 Å². The Morgan fingerprint density at radius 1 is 1.18 bits per heavy atom. The highest BCUT2D eigenvalue weighted by atomic mass is 16.3. The minimum atomic E-state index is -1.10. The fourth-order valence-corrected chi connectivity index (χ4v) is 5.77. The van der Waals surface area contributed by atoms with Gasteiger partial charge in [0.05, 0.1) is 24.2 Å². The van der Waals surface area contributed by atoms with E-state index >= 15 is 0 Å². The van der Waals surface area contributed by atoms with Gasteiger partial charge in [0.2, 0.25) is 5.91 Å². The number of likely N-dealkylation sites (tertiary alicyclic amines) is 1. The van der Waals surface area contributed by atoms with E-state index in [0.717, 1.165) is 12.0 Å². The van der Waals surface area contributed by atoms with Crippen LogP contribution in [0.5, 0.6) is 0 Å². The zero-order valence-corrected chi connectivity index (χ0v) is 20.9.